The van der Waals surface area contributed by atoms with Crippen molar-refractivity contribution in [2.45, 2.75) is 24.9 Å². The van der Waals surface area contributed by atoms with Crippen molar-refractivity contribution >= 4 is 46.0 Å². The summed E-state index contributed by atoms with van der Waals surface area (Å²) in [6.45, 7) is 0. The average Bonchev–Trinajstić information content (AvgIpc) is 3.09. The first-order valence-corrected chi connectivity index (χ1v) is 10.3. The fourth-order valence-electron chi connectivity index (χ4n) is 5.47. The van der Waals surface area contributed by atoms with Crippen molar-refractivity contribution in [3.05, 3.63) is 34.1 Å². The number of rotatable bonds is 2. The van der Waals surface area contributed by atoms with Gasteiger partial charge in [-0.15, -0.1) is 0 Å². The number of anilines is 2. The van der Waals surface area contributed by atoms with Crippen molar-refractivity contribution in [1.82, 2.24) is 4.98 Å². The largest absolute Gasteiger partial charge is 0.508 e. The fourth-order valence-corrected chi connectivity index (χ4v) is 5.47. The number of carbonyl (C=O) groups is 3. The monoisotopic (exact) mass is 454 g/mol. The summed E-state index contributed by atoms with van der Waals surface area (Å²) < 4.78 is 5.52. The summed E-state index contributed by atoms with van der Waals surface area (Å²) in [5, 5.41) is 33.2. The van der Waals surface area contributed by atoms with Gasteiger partial charge in [0.2, 0.25) is 5.78 Å². The van der Waals surface area contributed by atoms with E-state index in [0.717, 1.165) is 5.69 Å². The summed E-state index contributed by atoms with van der Waals surface area (Å²) in [5.74, 6) is -5.95. The highest BCUT2D eigenvalue weighted by Crippen LogP contribution is 2.52. The summed E-state index contributed by atoms with van der Waals surface area (Å²) in [6, 6.07) is 1.65. The summed E-state index contributed by atoms with van der Waals surface area (Å²) in [5.41, 5.74) is 9.72. The molecule has 0 aliphatic heterocycles. The van der Waals surface area contributed by atoms with Gasteiger partial charge in [0.05, 0.1) is 5.56 Å². The SMILES string of the molecule is CN(C)c1cc2nc(N)oc2c2c1C[C@H]1C[C@H]3CC(=O)C(C(N)=O)=C(O)[C@@]3(O)C(=O)C1=C2O. The molecule has 0 bridgehead atoms. The number of primary amides is 1. The molecule has 5 rings (SSSR count). The van der Waals surface area contributed by atoms with E-state index in [-0.39, 0.29) is 35.6 Å². The molecule has 0 unspecified atom stereocenters. The van der Waals surface area contributed by atoms with Crippen LogP contribution in [0.25, 0.3) is 16.9 Å². The molecule has 1 amide bonds. The number of hydrogen-bond acceptors (Lipinski definition) is 10. The summed E-state index contributed by atoms with van der Waals surface area (Å²) in [6.07, 6.45) is 0.0883. The first-order chi connectivity index (χ1) is 15.5. The van der Waals surface area contributed by atoms with Gasteiger partial charge in [-0.05, 0) is 30.4 Å². The predicted octanol–water partition coefficient (Wildman–Crippen LogP) is 0.508. The van der Waals surface area contributed by atoms with Gasteiger partial charge in [0.25, 0.3) is 11.9 Å². The Kier molecular flexibility index (Phi) is 4.19. The number of aliphatic hydroxyl groups excluding tert-OH is 2. The number of hydrogen-bond donors (Lipinski definition) is 5. The molecular formula is C22H22N4O7. The van der Waals surface area contributed by atoms with Gasteiger partial charge in [-0.1, -0.05) is 0 Å². The van der Waals surface area contributed by atoms with Crippen LogP contribution in [0.3, 0.4) is 0 Å². The number of nitrogens with two attached hydrogens (primary N) is 2. The maximum absolute atomic E-state index is 13.6. The van der Waals surface area contributed by atoms with E-state index in [1.807, 2.05) is 19.0 Å². The first kappa shape index (κ1) is 21.0. The van der Waals surface area contributed by atoms with Crippen LogP contribution in [0, 0.1) is 11.8 Å². The second-order valence-corrected chi connectivity index (χ2v) is 8.95. The molecule has 0 radical (unpaired) electrons. The smallest absolute Gasteiger partial charge is 0.293 e. The Bertz CT molecular complexity index is 1350. The number of benzene rings is 1. The molecule has 3 aliphatic rings. The van der Waals surface area contributed by atoms with Gasteiger partial charge in [0.15, 0.2) is 17.0 Å². The molecule has 1 heterocycles. The molecule has 3 aliphatic carbocycles. The molecule has 11 heteroatoms. The van der Waals surface area contributed by atoms with Crippen LogP contribution in [0.1, 0.15) is 24.0 Å². The molecule has 33 heavy (non-hydrogen) atoms. The van der Waals surface area contributed by atoms with Crippen molar-refractivity contribution < 1.29 is 34.1 Å². The van der Waals surface area contributed by atoms with Crippen molar-refractivity contribution in [1.29, 1.82) is 0 Å². The number of aromatic nitrogens is 1. The van der Waals surface area contributed by atoms with Gasteiger partial charge in [-0.3, -0.25) is 14.4 Å². The average molecular weight is 454 g/mol. The van der Waals surface area contributed by atoms with Crippen LogP contribution in [0.2, 0.25) is 0 Å². The maximum atomic E-state index is 13.6. The summed E-state index contributed by atoms with van der Waals surface area (Å²) >= 11 is 0. The Balaban J connectivity index is 1.78. The minimum absolute atomic E-state index is 0.113. The molecule has 7 N–H and O–H groups in total. The molecule has 3 atom stereocenters. The standard InChI is InChI=1S/C22H22N4O7/c1-26(2)11-6-10-17(33-21(24)25-10)14-9(11)4-7-3-8-5-12(27)15(20(23)31)19(30)22(8,32)18(29)13(7)16(14)28/h6-8,28,30,32H,3-5H2,1-2H3,(H2,23,31)(H2,24,25)/t7-,8+,22+/m1/s1. The van der Waals surface area contributed by atoms with Crippen LogP contribution in [-0.2, 0) is 20.8 Å². The molecule has 1 aromatic heterocycles. The lowest BCUT2D eigenvalue weighted by atomic mass is 9.59. The second kappa shape index (κ2) is 6.58. The summed E-state index contributed by atoms with van der Waals surface area (Å²) in [4.78, 5) is 43.7. The van der Waals surface area contributed by atoms with Gasteiger partial charge in [0, 0.05) is 37.7 Å². The number of fused-ring (bicyclic) bond motifs is 5. The molecule has 2 aromatic rings. The van der Waals surface area contributed by atoms with Crippen molar-refractivity contribution in [3.63, 3.8) is 0 Å². The maximum Gasteiger partial charge on any atom is 0.293 e. The molecular weight excluding hydrogens is 432 g/mol. The number of amides is 1. The predicted molar refractivity (Wildman–Crippen MR) is 116 cm³/mol. The Labute approximate surface area is 187 Å². The summed E-state index contributed by atoms with van der Waals surface area (Å²) in [7, 11) is 3.64. The molecule has 172 valence electrons. The normalized spacial score (nSPS) is 26.9. The third kappa shape index (κ3) is 2.59. The lowest BCUT2D eigenvalue weighted by molar-refractivity contribution is -0.147. The van der Waals surface area contributed by atoms with Crippen LogP contribution in [-0.4, -0.2) is 57.5 Å². The highest BCUT2D eigenvalue weighted by molar-refractivity contribution is 6.23. The second-order valence-electron chi connectivity index (χ2n) is 8.95. The highest BCUT2D eigenvalue weighted by Gasteiger charge is 2.60. The molecule has 11 nitrogen and oxygen atoms in total. The quantitative estimate of drug-likeness (QED) is 0.399. The number of carbonyl (C=O) groups excluding carboxylic acids is 3. The number of ketones is 2. The van der Waals surface area contributed by atoms with E-state index in [9.17, 15) is 29.7 Å². The van der Waals surface area contributed by atoms with Crippen LogP contribution >= 0.6 is 0 Å². The zero-order valence-corrected chi connectivity index (χ0v) is 17.9. The molecule has 1 fully saturated rings. The molecule has 0 spiro atoms. The number of Topliss-reactive ketones (excluding diaryl/α,β-unsaturated/α-hetero) is 2. The van der Waals surface area contributed by atoms with Crippen molar-refractivity contribution in [2.75, 3.05) is 24.7 Å². The van der Waals surface area contributed by atoms with E-state index < -0.39 is 52.0 Å². The van der Waals surface area contributed by atoms with Crippen LogP contribution in [0.5, 0.6) is 0 Å². The van der Waals surface area contributed by atoms with E-state index in [1.54, 1.807) is 6.07 Å². The number of nitrogen functional groups attached to an aromatic ring is 1. The van der Waals surface area contributed by atoms with Crippen LogP contribution < -0.4 is 16.4 Å². The van der Waals surface area contributed by atoms with Crippen molar-refractivity contribution in [2.24, 2.45) is 17.6 Å². The lowest BCUT2D eigenvalue weighted by Gasteiger charge is -2.46. The molecule has 1 aromatic carbocycles. The first-order valence-electron chi connectivity index (χ1n) is 10.3. The zero-order chi connectivity index (χ0) is 24.0. The van der Waals surface area contributed by atoms with Crippen LogP contribution in [0.15, 0.2) is 27.4 Å². The van der Waals surface area contributed by atoms with E-state index in [4.69, 9.17) is 15.9 Å². The molecule has 0 saturated heterocycles. The molecule has 1 saturated carbocycles. The van der Waals surface area contributed by atoms with E-state index in [2.05, 4.69) is 4.98 Å². The third-order valence-electron chi connectivity index (χ3n) is 6.92. The number of oxazole rings is 1. The van der Waals surface area contributed by atoms with Gasteiger partial charge in [0.1, 0.15) is 22.6 Å². The number of nitrogens with zero attached hydrogens (tertiary/aromatic N) is 2. The van der Waals surface area contributed by atoms with Gasteiger partial charge in [-0.2, -0.15) is 4.98 Å². The van der Waals surface area contributed by atoms with Gasteiger partial charge >= 0.3 is 0 Å². The topological polar surface area (TPSA) is 193 Å². The van der Waals surface area contributed by atoms with Gasteiger partial charge in [-0.25, -0.2) is 0 Å². The Morgan fingerprint density at radius 2 is 1.97 bits per heavy atom. The highest BCUT2D eigenvalue weighted by atomic mass is 16.4. The van der Waals surface area contributed by atoms with E-state index >= 15 is 0 Å². The zero-order valence-electron chi connectivity index (χ0n) is 17.9. The lowest BCUT2D eigenvalue weighted by Crippen LogP contribution is -2.58. The third-order valence-corrected chi connectivity index (χ3v) is 6.92. The number of aliphatic hydroxyl groups is 3. The van der Waals surface area contributed by atoms with E-state index in [1.165, 1.54) is 0 Å². The minimum Gasteiger partial charge on any atom is -0.508 e. The van der Waals surface area contributed by atoms with Gasteiger partial charge < -0.3 is 36.1 Å². The Hall–Kier alpha value is -3.86. The van der Waals surface area contributed by atoms with E-state index in [0.29, 0.717) is 17.5 Å². The Morgan fingerprint density at radius 3 is 2.61 bits per heavy atom. The van der Waals surface area contributed by atoms with Crippen molar-refractivity contribution in [3.8, 4) is 0 Å². The fraction of sp³-hybridized carbons (Fsp3) is 0.364. The minimum atomic E-state index is -2.55. The Morgan fingerprint density at radius 1 is 1.27 bits per heavy atom. The van der Waals surface area contributed by atoms with Crippen LogP contribution in [0.4, 0.5) is 11.7 Å².